The Balaban J connectivity index is 1.68. The molecule has 0 aromatic carbocycles. The monoisotopic (exact) mass is 253 g/mol. The van der Waals surface area contributed by atoms with Gasteiger partial charge >= 0.3 is 12.1 Å². The van der Waals surface area contributed by atoms with Crippen LogP contribution in [0.15, 0.2) is 0 Å². The molecule has 0 bridgehead atoms. The molecular formula is C12H19N3O3. The minimum atomic E-state index is -0.474. The number of nitrogens with zero attached hydrogens (tertiary/aromatic N) is 2. The van der Waals surface area contributed by atoms with Crippen LogP contribution >= 0.6 is 0 Å². The number of urea groups is 1. The minimum absolute atomic E-state index is 0.00934. The van der Waals surface area contributed by atoms with Crippen molar-refractivity contribution in [1.82, 2.24) is 15.1 Å². The lowest BCUT2D eigenvalue weighted by molar-refractivity contribution is 0.00838. The third-order valence-electron chi connectivity index (χ3n) is 3.84. The first-order valence-electron chi connectivity index (χ1n) is 6.38. The second kappa shape index (κ2) is 3.30. The molecule has 2 saturated heterocycles. The number of carbonyl (C=O) groups is 2. The van der Waals surface area contributed by atoms with E-state index in [1.807, 2.05) is 25.7 Å². The van der Waals surface area contributed by atoms with Crippen molar-refractivity contribution in [3.8, 4) is 0 Å². The fourth-order valence-electron chi connectivity index (χ4n) is 2.90. The van der Waals surface area contributed by atoms with Crippen LogP contribution in [0.25, 0.3) is 0 Å². The Bertz CT molecular complexity index is 417. The molecule has 3 fully saturated rings. The van der Waals surface area contributed by atoms with Crippen LogP contribution < -0.4 is 5.32 Å². The summed E-state index contributed by atoms with van der Waals surface area (Å²) in [5.41, 5.74) is -0.620. The number of rotatable bonds is 0. The molecule has 1 aliphatic carbocycles. The Morgan fingerprint density at radius 2 is 2.17 bits per heavy atom. The Labute approximate surface area is 106 Å². The number of hydrogen-bond acceptors (Lipinski definition) is 3. The predicted octanol–water partition coefficient (Wildman–Crippen LogP) is 0.773. The van der Waals surface area contributed by atoms with Crippen molar-refractivity contribution in [3.05, 3.63) is 0 Å². The molecule has 0 aromatic heterocycles. The molecule has 0 aromatic rings. The molecule has 2 atom stereocenters. The highest BCUT2D eigenvalue weighted by Gasteiger charge is 2.67. The van der Waals surface area contributed by atoms with E-state index in [4.69, 9.17) is 4.74 Å². The van der Waals surface area contributed by atoms with Crippen molar-refractivity contribution in [3.63, 3.8) is 0 Å². The Morgan fingerprint density at radius 3 is 2.83 bits per heavy atom. The Kier molecular flexibility index (Phi) is 2.13. The third kappa shape index (κ3) is 1.62. The van der Waals surface area contributed by atoms with Crippen LogP contribution in [0.4, 0.5) is 9.59 Å². The van der Waals surface area contributed by atoms with E-state index in [0.29, 0.717) is 19.6 Å². The van der Waals surface area contributed by atoms with Gasteiger partial charge < -0.3 is 19.9 Å². The fraction of sp³-hybridized carbons (Fsp3) is 0.833. The minimum Gasteiger partial charge on any atom is -0.444 e. The van der Waals surface area contributed by atoms with Crippen LogP contribution in [0.1, 0.15) is 27.2 Å². The maximum atomic E-state index is 12.0. The summed E-state index contributed by atoms with van der Waals surface area (Å²) in [4.78, 5) is 27.3. The second-order valence-electron chi connectivity index (χ2n) is 6.36. The topological polar surface area (TPSA) is 61.9 Å². The Morgan fingerprint density at radius 1 is 1.44 bits per heavy atom. The zero-order valence-corrected chi connectivity index (χ0v) is 11.0. The van der Waals surface area contributed by atoms with Gasteiger partial charge in [0.1, 0.15) is 5.60 Å². The highest BCUT2D eigenvalue weighted by Crippen LogP contribution is 2.48. The van der Waals surface area contributed by atoms with Crippen LogP contribution in [0.3, 0.4) is 0 Å². The molecule has 1 saturated carbocycles. The molecule has 6 heteroatoms. The Hall–Kier alpha value is -1.46. The molecule has 6 nitrogen and oxygen atoms in total. The first kappa shape index (κ1) is 11.6. The molecule has 18 heavy (non-hydrogen) atoms. The molecular weight excluding hydrogens is 234 g/mol. The molecule has 2 aliphatic heterocycles. The van der Waals surface area contributed by atoms with Crippen molar-refractivity contribution in [1.29, 1.82) is 0 Å². The molecule has 1 spiro atoms. The van der Waals surface area contributed by atoms with Gasteiger partial charge in [-0.3, -0.25) is 0 Å². The number of amides is 3. The van der Waals surface area contributed by atoms with E-state index in [-0.39, 0.29) is 23.7 Å². The van der Waals surface area contributed by atoms with E-state index in [9.17, 15) is 9.59 Å². The van der Waals surface area contributed by atoms with Crippen molar-refractivity contribution >= 4 is 12.1 Å². The highest BCUT2D eigenvalue weighted by molar-refractivity contribution is 5.82. The summed E-state index contributed by atoms with van der Waals surface area (Å²) in [5, 5.41) is 2.94. The summed E-state index contributed by atoms with van der Waals surface area (Å²) in [6.07, 6.45) is 0.666. The number of ether oxygens (including phenoxy) is 1. The van der Waals surface area contributed by atoms with E-state index in [1.54, 1.807) is 4.90 Å². The van der Waals surface area contributed by atoms with E-state index in [2.05, 4.69) is 5.32 Å². The quantitative estimate of drug-likeness (QED) is 0.693. The molecule has 100 valence electrons. The van der Waals surface area contributed by atoms with E-state index in [1.165, 1.54) is 0 Å². The fourth-order valence-corrected chi connectivity index (χ4v) is 2.90. The maximum absolute atomic E-state index is 12.0. The van der Waals surface area contributed by atoms with Gasteiger partial charge in [0.2, 0.25) is 0 Å². The van der Waals surface area contributed by atoms with Crippen LogP contribution in [0.2, 0.25) is 0 Å². The van der Waals surface area contributed by atoms with Gasteiger partial charge in [0.15, 0.2) is 0 Å². The lowest BCUT2D eigenvalue weighted by Gasteiger charge is -2.39. The summed E-state index contributed by atoms with van der Waals surface area (Å²) in [5.74, 6) is 0. The van der Waals surface area contributed by atoms with Crippen molar-refractivity contribution < 1.29 is 14.3 Å². The average molecular weight is 253 g/mol. The number of piperazine rings is 1. The number of carbonyl (C=O) groups excluding carboxylic acids is 2. The van der Waals surface area contributed by atoms with Gasteiger partial charge in [0, 0.05) is 19.6 Å². The van der Waals surface area contributed by atoms with Crippen molar-refractivity contribution in [2.24, 2.45) is 0 Å². The largest absolute Gasteiger partial charge is 0.444 e. The molecule has 3 amide bonds. The number of hydrogen-bond donors (Lipinski definition) is 1. The van der Waals surface area contributed by atoms with Gasteiger partial charge in [-0.25, -0.2) is 9.59 Å². The number of nitrogens with one attached hydrogen (secondary N) is 1. The lowest BCUT2D eigenvalue weighted by Crippen LogP contribution is -2.57. The van der Waals surface area contributed by atoms with Gasteiger partial charge in [0.25, 0.3) is 0 Å². The zero-order chi connectivity index (χ0) is 13.1. The average Bonchev–Trinajstić information content (AvgIpc) is 2.80. The molecule has 3 aliphatic rings. The summed E-state index contributed by atoms with van der Waals surface area (Å²) in [6, 6.07) is 0.227. The SMILES string of the molecule is CC(C)(C)OC(=O)N1CCN2C(=O)NC3CC32C1. The smallest absolute Gasteiger partial charge is 0.410 e. The van der Waals surface area contributed by atoms with E-state index in [0.717, 1.165) is 6.42 Å². The predicted molar refractivity (Wildman–Crippen MR) is 64.2 cm³/mol. The summed E-state index contributed by atoms with van der Waals surface area (Å²) >= 11 is 0. The van der Waals surface area contributed by atoms with Gasteiger partial charge in [-0.05, 0) is 27.2 Å². The van der Waals surface area contributed by atoms with Crippen LogP contribution in [-0.4, -0.2) is 58.7 Å². The van der Waals surface area contributed by atoms with Gasteiger partial charge in [0.05, 0.1) is 11.6 Å². The van der Waals surface area contributed by atoms with Gasteiger partial charge in [-0.15, -0.1) is 0 Å². The summed E-state index contributed by atoms with van der Waals surface area (Å²) in [7, 11) is 0. The van der Waals surface area contributed by atoms with E-state index >= 15 is 0 Å². The standard InChI is InChI=1S/C12H19N3O3/c1-11(2,3)18-10(17)14-4-5-15-9(16)13-8-6-12(8,15)7-14/h8H,4-7H2,1-3H3,(H,13,16). The first-order valence-corrected chi connectivity index (χ1v) is 6.38. The van der Waals surface area contributed by atoms with Crippen molar-refractivity contribution in [2.75, 3.05) is 19.6 Å². The molecule has 2 heterocycles. The lowest BCUT2D eigenvalue weighted by atomic mass is 10.1. The molecule has 3 rings (SSSR count). The third-order valence-corrected chi connectivity index (χ3v) is 3.84. The summed E-state index contributed by atoms with van der Waals surface area (Å²) < 4.78 is 5.38. The highest BCUT2D eigenvalue weighted by atomic mass is 16.6. The van der Waals surface area contributed by atoms with Crippen LogP contribution in [-0.2, 0) is 4.74 Å². The van der Waals surface area contributed by atoms with Gasteiger partial charge in [-0.1, -0.05) is 0 Å². The summed E-state index contributed by atoms with van der Waals surface area (Å²) in [6.45, 7) is 7.32. The zero-order valence-electron chi connectivity index (χ0n) is 11.0. The van der Waals surface area contributed by atoms with Crippen molar-refractivity contribution in [2.45, 2.75) is 44.4 Å². The molecule has 2 unspecified atom stereocenters. The normalized spacial score (nSPS) is 33.7. The van der Waals surface area contributed by atoms with E-state index < -0.39 is 5.60 Å². The maximum Gasteiger partial charge on any atom is 0.410 e. The van der Waals surface area contributed by atoms with Crippen LogP contribution in [0.5, 0.6) is 0 Å². The second-order valence-corrected chi connectivity index (χ2v) is 6.36. The van der Waals surface area contributed by atoms with Gasteiger partial charge in [-0.2, -0.15) is 0 Å². The first-order chi connectivity index (χ1) is 8.32. The van der Waals surface area contributed by atoms with Crippen LogP contribution in [0, 0.1) is 0 Å². The molecule has 0 radical (unpaired) electrons. The molecule has 1 N–H and O–H groups in total.